The Balaban J connectivity index is 2.63. The maximum atomic E-state index is 9.25. The fourth-order valence-electron chi connectivity index (χ4n) is 1.32. The zero-order valence-corrected chi connectivity index (χ0v) is 6.43. The molecule has 1 unspecified atom stereocenters. The van der Waals surface area contributed by atoms with Gasteiger partial charge in [-0.25, -0.2) is 0 Å². The second kappa shape index (κ2) is 3.02. The maximum Gasteiger partial charge on any atom is 0.0583 e. The molecule has 1 nitrogen and oxygen atoms in total. The van der Waals surface area contributed by atoms with Gasteiger partial charge in [-0.05, 0) is 31.8 Å². The highest BCUT2D eigenvalue weighted by Gasteiger charge is 2.15. The van der Waals surface area contributed by atoms with Crippen molar-refractivity contribution in [2.45, 2.75) is 32.3 Å². The van der Waals surface area contributed by atoms with E-state index in [0.29, 0.717) is 0 Å². The van der Waals surface area contributed by atoms with E-state index in [1.165, 1.54) is 11.1 Å². The van der Waals surface area contributed by atoms with Crippen LogP contribution in [0.25, 0.3) is 0 Å². The summed E-state index contributed by atoms with van der Waals surface area (Å²) in [7, 11) is 0. The number of aliphatic hydroxyl groups excluding tert-OH is 1. The first-order chi connectivity index (χ1) is 4.74. The third-order valence-electron chi connectivity index (χ3n) is 2.04. The summed E-state index contributed by atoms with van der Waals surface area (Å²) in [6, 6.07) is 0. The molecule has 0 aromatic rings. The lowest BCUT2D eigenvalue weighted by atomic mass is 9.89. The number of allylic oxidation sites excluding steroid dienone is 2. The zero-order valence-electron chi connectivity index (χ0n) is 6.43. The van der Waals surface area contributed by atoms with Crippen molar-refractivity contribution in [3.8, 4) is 0 Å². The zero-order chi connectivity index (χ0) is 7.56. The first-order valence-corrected chi connectivity index (χ1v) is 3.75. The molecule has 0 aromatic carbocycles. The highest BCUT2D eigenvalue weighted by Crippen LogP contribution is 2.26. The summed E-state index contributed by atoms with van der Waals surface area (Å²) in [5.74, 6) is 0. The van der Waals surface area contributed by atoms with E-state index in [-0.39, 0.29) is 6.10 Å². The fraction of sp³-hybridized carbons (Fsp3) is 0.556. The van der Waals surface area contributed by atoms with Crippen LogP contribution in [0.1, 0.15) is 26.2 Å². The molecule has 0 bridgehead atoms. The van der Waals surface area contributed by atoms with Crippen LogP contribution in [-0.2, 0) is 0 Å². The molecule has 1 atom stereocenters. The summed E-state index contributed by atoms with van der Waals surface area (Å²) < 4.78 is 0. The van der Waals surface area contributed by atoms with E-state index in [4.69, 9.17) is 0 Å². The van der Waals surface area contributed by atoms with Crippen LogP contribution in [0.15, 0.2) is 23.8 Å². The Labute approximate surface area is 62.1 Å². The van der Waals surface area contributed by atoms with E-state index >= 15 is 0 Å². The third kappa shape index (κ3) is 1.48. The Morgan fingerprint density at radius 3 is 2.90 bits per heavy atom. The van der Waals surface area contributed by atoms with E-state index < -0.39 is 0 Å². The average Bonchev–Trinajstić information content (AvgIpc) is 1.94. The van der Waals surface area contributed by atoms with Gasteiger partial charge in [-0.15, -0.1) is 0 Å². The summed E-state index contributed by atoms with van der Waals surface area (Å²) in [5.41, 5.74) is 2.44. The second-order valence-electron chi connectivity index (χ2n) is 2.81. The summed E-state index contributed by atoms with van der Waals surface area (Å²) in [4.78, 5) is 0. The highest BCUT2D eigenvalue weighted by atomic mass is 16.3. The molecule has 1 fully saturated rings. The van der Waals surface area contributed by atoms with Crippen LogP contribution in [0.3, 0.4) is 0 Å². The first-order valence-electron chi connectivity index (χ1n) is 3.75. The average molecular weight is 138 g/mol. The molecular weight excluding hydrogens is 124 g/mol. The molecule has 0 saturated heterocycles. The van der Waals surface area contributed by atoms with E-state index in [0.717, 1.165) is 19.3 Å². The van der Waals surface area contributed by atoms with Gasteiger partial charge in [0, 0.05) is 0 Å². The van der Waals surface area contributed by atoms with Crippen molar-refractivity contribution in [2.75, 3.05) is 0 Å². The molecule has 1 rings (SSSR count). The quantitative estimate of drug-likeness (QED) is 0.543. The molecule has 1 N–H and O–H groups in total. The molecule has 56 valence electrons. The molecule has 0 amide bonds. The van der Waals surface area contributed by atoms with E-state index in [1.807, 2.05) is 13.0 Å². The van der Waals surface area contributed by atoms with Gasteiger partial charge in [0.05, 0.1) is 6.10 Å². The minimum atomic E-state index is -0.128. The van der Waals surface area contributed by atoms with Gasteiger partial charge in [-0.2, -0.15) is 0 Å². The monoisotopic (exact) mass is 138 g/mol. The van der Waals surface area contributed by atoms with E-state index in [1.54, 1.807) is 0 Å². The van der Waals surface area contributed by atoms with Crippen molar-refractivity contribution in [2.24, 2.45) is 0 Å². The Morgan fingerprint density at radius 1 is 1.70 bits per heavy atom. The summed E-state index contributed by atoms with van der Waals surface area (Å²) in [6.45, 7) is 5.92. The Kier molecular flexibility index (Phi) is 2.28. The van der Waals surface area contributed by atoms with Gasteiger partial charge in [0.1, 0.15) is 0 Å². The normalized spacial score (nSPS) is 31.2. The van der Waals surface area contributed by atoms with Crippen molar-refractivity contribution < 1.29 is 5.11 Å². The van der Waals surface area contributed by atoms with Gasteiger partial charge in [0.15, 0.2) is 0 Å². The number of aliphatic hydroxyl groups is 1. The van der Waals surface area contributed by atoms with Crippen LogP contribution < -0.4 is 0 Å². The Hall–Kier alpha value is -0.560. The fourth-order valence-corrected chi connectivity index (χ4v) is 1.32. The number of rotatable bonds is 0. The molecule has 1 aliphatic carbocycles. The van der Waals surface area contributed by atoms with Gasteiger partial charge in [-0.1, -0.05) is 18.2 Å². The largest absolute Gasteiger partial charge is 0.393 e. The Morgan fingerprint density at radius 2 is 2.40 bits per heavy atom. The smallest absolute Gasteiger partial charge is 0.0583 e. The summed E-state index contributed by atoms with van der Waals surface area (Å²) in [5, 5.41) is 9.25. The molecule has 1 aliphatic rings. The van der Waals surface area contributed by atoms with Crippen LogP contribution in [0, 0.1) is 0 Å². The van der Waals surface area contributed by atoms with Gasteiger partial charge >= 0.3 is 0 Å². The summed E-state index contributed by atoms with van der Waals surface area (Å²) in [6.07, 6.45) is 4.56. The lowest BCUT2D eigenvalue weighted by Gasteiger charge is -2.21. The molecular formula is C9H14O. The topological polar surface area (TPSA) is 20.2 Å². The molecule has 1 saturated carbocycles. The second-order valence-corrected chi connectivity index (χ2v) is 2.81. The van der Waals surface area contributed by atoms with Gasteiger partial charge in [-0.3, -0.25) is 0 Å². The van der Waals surface area contributed by atoms with Crippen LogP contribution in [-0.4, -0.2) is 11.2 Å². The SMILES string of the molecule is C=C1CCC(O)C/C1=C/C. The van der Waals surface area contributed by atoms with Gasteiger partial charge in [0.25, 0.3) is 0 Å². The molecule has 1 heteroatoms. The van der Waals surface area contributed by atoms with Crippen molar-refractivity contribution in [3.05, 3.63) is 23.8 Å². The van der Waals surface area contributed by atoms with Crippen molar-refractivity contribution in [3.63, 3.8) is 0 Å². The minimum Gasteiger partial charge on any atom is -0.393 e. The first kappa shape index (κ1) is 7.55. The van der Waals surface area contributed by atoms with Crippen LogP contribution >= 0.6 is 0 Å². The van der Waals surface area contributed by atoms with Crippen LogP contribution in [0.2, 0.25) is 0 Å². The molecule has 0 aromatic heterocycles. The van der Waals surface area contributed by atoms with Crippen LogP contribution in [0.5, 0.6) is 0 Å². The van der Waals surface area contributed by atoms with Crippen molar-refractivity contribution in [1.29, 1.82) is 0 Å². The lowest BCUT2D eigenvalue weighted by molar-refractivity contribution is 0.158. The van der Waals surface area contributed by atoms with Crippen molar-refractivity contribution in [1.82, 2.24) is 0 Å². The molecule has 10 heavy (non-hydrogen) atoms. The standard InChI is InChI=1S/C9H14O/c1-3-8-6-9(10)5-4-7(8)2/h3,9-10H,2,4-6H2,1H3/b8-3-. The van der Waals surface area contributed by atoms with E-state index in [2.05, 4.69) is 6.58 Å². The predicted octanol–water partition coefficient (Wildman–Crippen LogP) is 2.03. The van der Waals surface area contributed by atoms with Gasteiger partial charge in [0.2, 0.25) is 0 Å². The Bertz CT molecular complexity index is 168. The maximum absolute atomic E-state index is 9.25. The van der Waals surface area contributed by atoms with Crippen LogP contribution in [0.4, 0.5) is 0 Å². The number of hydrogen-bond donors (Lipinski definition) is 1. The summed E-state index contributed by atoms with van der Waals surface area (Å²) >= 11 is 0. The van der Waals surface area contributed by atoms with Crippen molar-refractivity contribution >= 4 is 0 Å². The minimum absolute atomic E-state index is 0.128. The number of hydrogen-bond acceptors (Lipinski definition) is 1. The molecule has 0 spiro atoms. The van der Waals surface area contributed by atoms with Gasteiger partial charge < -0.3 is 5.11 Å². The highest BCUT2D eigenvalue weighted by molar-refractivity contribution is 5.30. The predicted molar refractivity (Wildman–Crippen MR) is 42.8 cm³/mol. The van der Waals surface area contributed by atoms with E-state index in [9.17, 15) is 5.11 Å². The lowest BCUT2D eigenvalue weighted by Crippen LogP contribution is -2.14. The molecule has 0 heterocycles. The molecule has 0 aliphatic heterocycles. The molecule has 0 radical (unpaired) electrons. The third-order valence-corrected chi connectivity index (χ3v) is 2.04.